The van der Waals surface area contributed by atoms with Crippen molar-refractivity contribution in [2.45, 2.75) is 32.0 Å². The normalized spacial score (nSPS) is 17.2. The summed E-state index contributed by atoms with van der Waals surface area (Å²) >= 11 is 0. The highest BCUT2D eigenvalue weighted by Gasteiger charge is 2.24. The van der Waals surface area contributed by atoms with Crippen molar-refractivity contribution in [1.29, 1.82) is 5.26 Å². The SMILES string of the molecule is N#CCCCN1CCC(Oc2cncc(OCc3cccnc3)n2)C1. The summed E-state index contributed by atoms with van der Waals surface area (Å²) in [6.45, 7) is 3.17. The van der Waals surface area contributed by atoms with Gasteiger partial charge in [-0.3, -0.25) is 14.9 Å². The predicted octanol–water partition coefficient (Wildman–Crippen LogP) is 2.21. The van der Waals surface area contributed by atoms with Crippen LogP contribution in [0.25, 0.3) is 0 Å². The fraction of sp³-hybridized carbons (Fsp3) is 0.444. The van der Waals surface area contributed by atoms with Crippen LogP contribution in [-0.2, 0) is 6.61 Å². The minimum atomic E-state index is 0.102. The maximum absolute atomic E-state index is 8.61. The summed E-state index contributed by atoms with van der Waals surface area (Å²) in [6.07, 6.45) is 9.22. The summed E-state index contributed by atoms with van der Waals surface area (Å²) in [7, 11) is 0. The van der Waals surface area contributed by atoms with E-state index in [2.05, 4.69) is 25.9 Å². The number of likely N-dealkylation sites (tertiary alicyclic amines) is 1. The van der Waals surface area contributed by atoms with E-state index in [4.69, 9.17) is 14.7 Å². The fourth-order valence-corrected chi connectivity index (χ4v) is 2.75. The summed E-state index contributed by atoms with van der Waals surface area (Å²) in [5, 5.41) is 8.61. The molecule has 1 fully saturated rings. The molecule has 1 aliphatic heterocycles. The van der Waals surface area contributed by atoms with Crippen LogP contribution in [0.15, 0.2) is 36.9 Å². The Bertz CT molecular complexity index is 704. The largest absolute Gasteiger partial charge is 0.472 e. The Hall–Kier alpha value is -2.72. The molecule has 1 aliphatic rings. The number of hydrogen-bond acceptors (Lipinski definition) is 7. The molecule has 0 aromatic carbocycles. The number of nitrogens with zero attached hydrogens (tertiary/aromatic N) is 5. The Labute approximate surface area is 147 Å². The van der Waals surface area contributed by atoms with Crippen LogP contribution in [-0.4, -0.2) is 45.6 Å². The second kappa shape index (κ2) is 8.94. The van der Waals surface area contributed by atoms with Gasteiger partial charge in [-0.15, -0.1) is 0 Å². The van der Waals surface area contributed by atoms with Crippen molar-refractivity contribution < 1.29 is 9.47 Å². The van der Waals surface area contributed by atoms with Crippen molar-refractivity contribution >= 4 is 0 Å². The molecule has 0 spiro atoms. The van der Waals surface area contributed by atoms with Gasteiger partial charge in [0.15, 0.2) is 0 Å². The summed E-state index contributed by atoms with van der Waals surface area (Å²) in [6, 6.07) is 5.99. The topological polar surface area (TPSA) is 84.2 Å². The molecule has 2 aromatic rings. The number of rotatable bonds is 8. The number of hydrogen-bond donors (Lipinski definition) is 0. The molecule has 7 nitrogen and oxygen atoms in total. The van der Waals surface area contributed by atoms with Gasteiger partial charge >= 0.3 is 0 Å². The highest BCUT2D eigenvalue weighted by atomic mass is 16.5. The van der Waals surface area contributed by atoms with Crippen molar-refractivity contribution in [3.8, 4) is 17.8 Å². The van der Waals surface area contributed by atoms with E-state index in [1.54, 1.807) is 24.8 Å². The molecule has 7 heteroatoms. The molecule has 1 atom stereocenters. The minimum Gasteiger partial charge on any atom is -0.472 e. The molecule has 1 unspecified atom stereocenters. The average Bonchev–Trinajstić information content (AvgIpc) is 3.09. The van der Waals surface area contributed by atoms with Crippen LogP contribution in [0.1, 0.15) is 24.8 Å². The first-order valence-electron chi connectivity index (χ1n) is 8.43. The van der Waals surface area contributed by atoms with Crippen LogP contribution in [0.4, 0.5) is 0 Å². The average molecular weight is 339 g/mol. The van der Waals surface area contributed by atoms with Gasteiger partial charge < -0.3 is 9.47 Å². The molecule has 3 rings (SSSR count). The van der Waals surface area contributed by atoms with Gasteiger partial charge in [0.2, 0.25) is 11.8 Å². The van der Waals surface area contributed by atoms with Gasteiger partial charge in [-0.2, -0.15) is 10.2 Å². The quantitative estimate of drug-likeness (QED) is 0.682. The Balaban J connectivity index is 1.48. The van der Waals surface area contributed by atoms with E-state index < -0.39 is 0 Å². The summed E-state index contributed by atoms with van der Waals surface area (Å²) in [4.78, 5) is 14.9. The smallest absolute Gasteiger partial charge is 0.235 e. The summed E-state index contributed by atoms with van der Waals surface area (Å²) in [5.41, 5.74) is 0.972. The standard InChI is InChI=1S/C18H21N5O2/c19-6-1-2-8-23-9-5-16(13-23)25-18-12-21-11-17(22-18)24-14-15-4-3-7-20-10-15/h3-4,7,10-12,16H,1-2,5,8-9,13-14H2. The summed E-state index contributed by atoms with van der Waals surface area (Å²) < 4.78 is 11.6. The predicted molar refractivity (Wildman–Crippen MR) is 90.9 cm³/mol. The van der Waals surface area contributed by atoms with Gasteiger partial charge in [-0.05, 0) is 25.5 Å². The Morgan fingerprint density at radius 2 is 2.16 bits per heavy atom. The van der Waals surface area contributed by atoms with E-state index in [0.29, 0.717) is 24.8 Å². The van der Waals surface area contributed by atoms with Crippen molar-refractivity contribution in [3.05, 3.63) is 42.5 Å². The first-order valence-corrected chi connectivity index (χ1v) is 8.43. The van der Waals surface area contributed by atoms with Gasteiger partial charge in [-0.25, -0.2) is 0 Å². The number of aromatic nitrogens is 3. The molecule has 0 radical (unpaired) electrons. The zero-order chi connectivity index (χ0) is 17.3. The molecule has 0 N–H and O–H groups in total. The Morgan fingerprint density at radius 3 is 3.00 bits per heavy atom. The van der Waals surface area contributed by atoms with E-state index in [-0.39, 0.29) is 6.10 Å². The number of ether oxygens (including phenoxy) is 2. The van der Waals surface area contributed by atoms with E-state index in [1.807, 2.05) is 12.1 Å². The molecular formula is C18H21N5O2. The number of unbranched alkanes of at least 4 members (excludes halogenated alkanes) is 1. The molecule has 0 amide bonds. The van der Waals surface area contributed by atoms with Crippen molar-refractivity contribution in [2.24, 2.45) is 0 Å². The van der Waals surface area contributed by atoms with Crippen LogP contribution >= 0.6 is 0 Å². The molecule has 0 saturated carbocycles. The van der Waals surface area contributed by atoms with E-state index in [1.165, 1.54) is 0 Å². The number of pyridine rings is 1. The third-order valence-corrected chi connectivity index (χ3v) is 3.98. The van der Waals surface area contributed by atoms with Crippen LogP contribution in [0.5, 0.6) is 11.8 Å². The monoisotopic (exact) mass is 339 g/mol. The lowest BCUT2D eigenvalue weighted by molar-refractivity contribution is 0.188. The van der Waals surface area contributed by atoms with Gasteiger partial charge in [0.1, 0.15) is 12.7 Å². The molecule has 0 aliphatic carbocycles. The van der Waals surface area contributed by atoms with Gasteiger partial charge in [0.05, 0.1) is 18.5 Å². The van der Waals surface area contributed by atoms with E-state index in [0.717, 1.165) is 38.0 Å². The zero-order valence-corrected chi connectivity index (χ0v) is 14.0. The molecule has 0 bridgehead atoms. The third kappa shape index (κ3) is 5.40. The van der Waals surface area contributed by atoms with E-state index in [9.17, 15) is 0 Å². The second-order valence-corrected chi connectivity index (χ2v) is 5.94. The molecule has 3 heterocycles. The van der Waals surface area contributed by atoms with Gasteiger partial charge in [-0.1, -0.05) is 6.07 Å². The maximum Gasteiger partial charge on any atom is 0.235 e. The molecule has 1 saturated heterocycles. The fourth-order valence-electron chi connectivity index (χ4n) is 2.75. The number of nitriles is 1. The second-order valence-electron chi connectivity index (χ2n) is 5.94. The van der Waals surface area contributed by atoms with Crippen LogP contribution < -0.4 is 9.47 Å². The highest BCUT2D eigenvalue weighted by molar-refractivity contribution is 5.14. The van der Waals surface area contributed by atoms with E-state index >= 15 is 0 Å². The lowest BCUT2D eigenvalue weighted by Gasteiger charge is -2.16. The van der Waals surface area contributed by atoms with Gasteiger partial charge in [0.25, 0.3) is 0 Å². The molecular weight excluding hydrogens is 318 g/mol. The summed E-state index contributed by atoms with van der Waals surface area (Å²) in [5.74, 6) is 0.915. The van der Waals surface area contributed by atoms with Crippen LogP contribution in [0.3, 0.4) is 0 Å². The first-order chi connectivity index (χ1) is 12.3. The highest BCUT2D eigenvalue weighted by Crippen LogP contribution is 2.18. The molecule has 130 valence electrons. The minimum absolute atomic E-state index is 0.102. The van der Waals surface area contributed by atoms with Crippen molar-refractivity contribution in [2.75, 3.05) is 19.6 Å². The van der Waals surface area contributed by atoms with Crippen molar-refractivity contribution in [3.63, 3.8) is 0 Å². The first kappa shape index (κ1) is 17.1. The molecule has 2 aromatic heterocycles. The lowest BCUT2D eigenvalue weighted by atomic mass is 10.3. The van der Waals surface area contributed by atoms with Crippen LogP contribution in [0, 0.1) is 11.3 Å². The van der Waals surface area contributed by atoms with Crippen molar-refractivity contribution in [1.82, 2.24) is 19.9 Å². The Morgan fingerprint density at radius 1 is 1.24 bits per heavy atom. The zero-order valence-electron chi connectivity index (χ0n) is 14.0. The molecule has 25 heavy (non-hydrogen) atoms. The Kier molecular flexibility index (Phi) is 6.12. The van der Waals surface area contributed by atoms with Crippen LogP contribution in [0.2, 0.25) is 0 Å². The maximum atomic E-state index is 8.61. The van der Waals surface area contributed by atoms with Gasteiger partial charge in [0, 0.05) is 37.5 Å². The third-order valence-electron chi connectivity index (χ3n) is 3.98. The lowest BCUT2D eigenvalue weighted by Crippen LogP contribution is -2.26.